The van der Waals surface area contributed by atoms with Crippen molar-refractivity contribution in [3.8, 4) is 0 Å². The molecule has 1 aromatic rings. The molecule has 0 amide bonds. The third-order valence-corrected chi connectivity index (χ3v) is 5.50. The van der Waals surface area contributed by atoms with Gasteiger partial charge in [0.2, 0.25) is 10.0 Å². The molecule has 1 saturated carbocycles. The summed E-state index contributed by atoms with van der Waals surface area (Å²) in [6.07, 6.45) is 1.66. The molecule has 0 heterocycles. The highest BCUT2D eigenvalue weighted by atomic mass is 32.2. The predicted molar refractivity (Wildman–Crippen MR) is 75.4 cm³/mol. The SMILES string of the molecule is Cc1cc(C(=O)O)cc(S(=O)(=O)NC2CC(C)C2)c1C. The number of rotatable bonds is 4. The summed E-state index contributed by atoms with van der Waals surface area (Å²) < 4.78 is 27.4. The Balaban J connectivity index is 2.37. The van der Waals surface area contributed by atoms with Crippen molar-refractivity contribution in [1.82, 2.24) is 4.72 Å². The van der Waals surface area contributed by atoms with Crippen molar-refractivity contribution < 1.29 is 18.3 Å². The van der Waals surface area contributed by atoms with Crippen molar-refractivity contribution in [3.05, 3.63) is 28.8 Å². The minimum atomic E-state index is -3.67. The normalized spacial score (nSPS) is 22.4. The molecule has 0 aliphatic heterocycles. The van der Waals surface area contributed by atoms with Crippen LogP contribution in [0, 0.1) is 19.8 Å². The van der Waals surface area contributed by atoms with E-state index in [1.807, 2.05) is 0 Å². The van der Waals surface area contributed by atoms with Gasteiger partial charge in [-0.1, -0.05) is 6.92 Å². The van der Waals surface area contributed by atoms with E-state index in [2.05, 4.69) is 11.6 Å². The molecule has 1 aromatic carbocycles. The molecule has 6 heteroatoms. The number of benzene rings is 1. The summed E-state index contributed by atoms with van der Waals surface area (Å²) in [5.41, 5.74) is 1.25. The highest BCUT2D eigenvalue weighted by Gasteiger charge is 2.31. The van der Waals surface area contributed by atoms with Crippen molar-refractivity contribution in [3.63, 3.8) is 0 Å². The highest BCUT2D eigenvalue weighted by Crippen LogP contribution is 2.29. The number of sulfonamides is 1. The number of hydrogen-bond donors (Lipinski definition) is 2. The van der Waals surface area contributed by atoms with Crippen molar-refractivity contribution in [2.24, 2.45) is 5.92 Å². The Bertz CT molecular complexity index is 645. The Morgan fingerprint density at radius 1 is 1.30 bits per heavy atom. The Kier molecular flexibility index (Phi) is 3.88. The van der Waals surface area contributed by atoms with Gasteiger partial charge in [0.25, 0.3) is 0 Å². The molecule has 5 nitrogen and oxygen atoms in total. The Labute approximate surface area is 119 Å². The predicted octanol–water partition coefficient (Wildman–Crippen LogP) is 2.08. The zero-order valence-electron chi connectivity index (χ0n) is 11.8. The zero-order valence-corrected chi connectivity index (χ0v) is 12.6. The van der Waals surface area contributed by atoms with Gasteiger partial charge in [-0.15, -0.1) is 0 Å². The first-order chi connectivity index (χ1) is 9.20. The van der Waals surface area contributed by atoms with Crippen LogP contribution in [0.4, 0.5) is 0 Å². The molecule has 0 saturated heterocycles. The van der Waals surface area contributed by atoms with Crippen LogP contribution in [0.2, 0.25) is 0 Å². The van der Waals surface area contributed by atoms with Gasteiger partial charge in [0.05, 0.1) is 10.5 Å². The van der Waals surface area contributed by atoms with E-state index in [-0.39, 0.29) is 16.5 Å². The molecule has 0 spiro atoms. The average molecular weight is 297 g/mol. The van der Waals surface area contributed by atoms with Gasteiger partial charge in [-0.2, -0.15) is 0 Å². The van der Waals surface area contributed by atoms with E-state index in [1.54, 1.807) is 13.8 Å². The maximum atomic E-state index is 12.4. The van der Waals surface area contributed by atoms with Gasteiger partial charge in [0.1, 0.15) is 0 Å². The third kappa shape index (κ3) is 2.86. The molecule has 0 atom stereocenters. The van der Waals surface area contributed by atoms with E-state index in [0.717, 1.165) is 12.8 Å². The van der Waals surface area contributed by atoms with Crippen LogP contribution in [0.1, 0.15) is 41.3 Å². The Morgan fingerprint density at radius 2 is 1.90 bits per heavy atom. The summed E-state index contributed by atoms with van der Waals surface area (Å²) >= 11 is 0. The van der Waals surface area contributed by atoms with Gasteiger partial charge in [-0.3, -0.25) is 0 Å². The number of hydrogen-bond acceptors (Lipinski definition) is 3. The first-order valence-corrected chi connectivity index (χ1v) is 8.06. The van der Waals surface area contributed by atoms with Crippen LogP contribution in [0.5, 0.6) is 0 Å². The number of nitrogens with one attached hydrogen (secondary N) is 1. The smallest absolute Gasteiger partial charge is 0.335 e. The first kappa shape index (κ1) is 15.0. The molecular weight excluding hydrogens is 278 g/mol. The maximum Gasteiger partial charge on any atom is 0.335 e. The lowest BCUT2D eigenvalue weighted by Crippen LogP contribution is -2.43. The average Bonchev–Trinajstić information content (AvgIpc) is 2.29. The minimum Gasteiger partial charge on any atom is -0.478 e. The number of carboxylic acid groups (broad SMARTS) is 1. The van der Waals surface area contributed by atoms with Crippen LogP contribution in [-0.4, -0.2) is 25.5 Å². The molecule has 0 bridgehead atoms. The topological polar surface area (TPSA) is 83.5 Å². The maximum absolute atomic E-state index is 12.4. The van der Waals surface area contributed by atoms with Crippen LogP contribution in [0.15, 0.2) is 17.0 Å². The molecule has 2 rings (SSSR count). The molecule has 1 aliphatic rings. The first-order valence-electron chi connectivity index (χ1n) is 6.57. The second-order valence-corrected chi connectivity index (χ2v) is 7.30. The van der Waals surface area contributed by atoms with Crippen LogP contribution in [0.25, 0.3) is 0 Å². The van der Waals surface area contributed by atoms with E-state index in [4.69, 9.17) is 5.11 Å². The standard InChI is InChI=1S/C14H19NO4S/c1-8-4-12(5-8)15-20(18,19)13-7-11(14(16)17)6-9(2)10(13)3/h6-8,12,15H,4-5H2,1-3H3,(H,16,17). The van der Waals surface area contributed by atoms with Gasteiger partial charge >= 0.3 is 5.97 Å². The van der Waals surface area contributed by atoms with Crippen molar-refractivity contribution >= 4 is 16.0 Å². The Morgan fingerprint density at radius 3 is 2.40 bits per heavy atom. The lowest BCUT2D eigenvalue weighted by atomic mass is 9.83. The van der Waals surface area contributed by atoms with Gasteiger partial charge < -0.3 is 5.11 Å². The fourth-order valence-corrected chi connectivity index (χ4v) is 4.12. The summed E-state index contributed by atoms with van der Waals surface area (Å²) in [5.74, 6) is -0.585. The fraction of sp³-hybridized carbons (Fsp3) is 0.500. The van der Waals surface area contributed by atoms with Gasteiger partial charge in [-0.25, -0.2) is 17.9 Å². The van der Waals surface area contributed by atoms with Gasteiger partial charge in [0.15, 0.2) is 0 Å². The number of carboxylic acids is 1. The largest absolute Gasteiger partial charge is 0.478 e. The Hall–Kier alpha value is -1.40. The summed E-state index contributed by atoms with van der Waals surface area (Å²) in [6.45, 7) is 5.48. The summed E-state index contributed by atoms with van der Waals surface area (Å²) in [4.78, 5) is 11.1. The lowest BCUT2D eigenvalue weighted by Gasteiger charge is -2.33. The number of carbonyl (C=O) groups is 1. The van der Waals surface area contributed by atoms with E-state index < -0.39 is 16.0 Å². The van der Waals surface area contributed by atoms with E-state index in [1.165, 1.54) is 12.1 Å². The quantitative estimate of drug-likeness (QED) is 0.891. The molecule has 0 radical (unpaired) electrons. The molecule has 1 fully saturated rings. The van der Waals surface area contributed by atoms with E-state index in [9.17, 15) is 13.2 Å². The molecule has 20 heavy (non-hydrogen) atoms. The molecule has 110 valence electrons. The van der Waals surface area contributed by atoms with Crippen molar-refractivity contribution in [2.45, 2.75) is 44.6 Å². The summed E-state index contributed by atoms with van der Waals surface area (Å²) in [5, 5.41) is 9.05. The zero-order chi connectivity index (χ0) is 15.1. The number of aryl methyl sites for hydroxylation is 1. The summed E-state index contributed by atoms with van der Waals surface area (Å²) in [7, 11) is -3.67. The van der Waals surface area contributed by atoms with Crippen LogP contribution in [0.3, 0.4) is 0 Å². The second kappa shape index (κ2) is 5.18. The lowest BCUT2D eigenvalue weighted by molar-refractivity contribution is 0.0696. The molecule has 0 unspecified atom stereocenters. The van der Waals surface area contributed by atoms with Crippen LogP contribution >= 0.6 is 0 Å². The minimum absolute atomic E-state index is 0.00421. The molecule has 2 N–H and O–H groups in total. The second-order valence-electron chi connectivity index (χ2n) is 5.62. The van der Waals surface area contributed by atoms with Gasteiger partial charge in [-0.05, 0) is 55.9 Å². The fourth-order valence-electron chi connectivity index (χ4n) is 2.51. The van der Waals surface area contributed by atoms with E-state index >= 15 is 0 Å². The number of aromatic carboxylic acids is 1. The molecule has 0 aromatic heterocycles. The van der Waals surface area contributed by atoms with Crippen LogP contribution < -0.4 is 4.72 Å². The van der Waals surface area contributed by atoms with Gasteiger partial charge in [0, 0.05) is 6.04 Å². The highest BCUT2D eigenvalue weighted by molar-refractivity contribution is 7.89. The monoisotopic (exact) mass is 297 g/mol. The van der Waals surface area contributed by atoms with Crippen molar-refractivity contribution in [1.29, 1.82) is 0 Å². The summed E-state index contributed by atoms with van der Waals surface area (Å²) in [6, 6.07) is 2.68. The molecular formula is C14H19NO4S. The van der Waals surface area contributed by atoms with Crippen molar-refractivity contribution in [2.75, 3.05) is 0 Å². The molecule has 1 aliphatic carbocycles. The van der Waals surface area contributed by atoms with Crippen LogP contribution in [-0.2, 0) is 10.0 Å². The third-order valence-electron chi connectivity index (χ3n) is 3.85. The van der Waals surface area contributed by atoms with E-state index in [0.29, 0.717) is 17.0 Å².